The van der Waals surface area contributed by atoms with Gasteiger partial charge in [-0.2, -0.15) is 5.10 Å². The number of rotatable bonds is 2. The summed E-state index contributed by atoms with van der Waals surface area (Å²) in [6.07, 6.45) is 0. The molecule has 0 saturated heterocycles. The number of aryl methyl sites for hydroxylation is 3. The van der Waals surface area contributed by atoms with Crippen LogP contribution < -0.4 is 11.1 Å². The summed E-state index contributed by atoms with van der Waals surface area (Å²) in [6.45, 7) is 8.30. The highest BCUT2D eigenvalue weighted by Crippen LogP contribution is 2.31. The second kappa shape index (κ2) is 5.25. The van der Waals surface area contributed by atoms with E-state index in [2.05, 4.69) is 43.3 Å². The van der Waals surface area contributed by atoms with Gasteiger partial charge < -0.3 is 11.1 Å². The summed E-state index contributed by atoms with van der Waals surface area (Å²) in [4.78, 5) is 0. The van der Waals surface area contributed by atoms with Crippen LogP contribution in [0.15, 0.2) is 12.1 Å². The molecule has 3 N–H and O–H groups in total. The number of hydrogen-bond donors (Lipinski definition) is 2. The summed E-state index contributed by atoms with van der Waals surface area (Å²) >= 11 is 4.93. The minimum Gasteiger partial charge on any atom is -0.376 e. The number of thiocarbonyl (C=S) groups is 1. The van der Waals surface area contributed by atoms with E-state index in [1.54, 1.807) is 0 Å². The van der Waals surface area contributed by atoms with Gasteiger partial charge in [0.05, 0.1) is 5.69 Å². The predicted octanol–water partition coefficient (Wildman–Crippen LogP) is 2.98. The molecule has 0 amide bonds. The average molecular weight is 288 g/mol. The maximum atomic E-state index is 5.58. The molecule has 0 aliphatic carbocycles. The third-order valence-corrected chi connectivity index (χ3v) is 3.82. The maximum absolute atomic E-state index is 5.58. The number of hydrogen-bond acceptors (Lipinski definition) is 2. The van der Waals surface area contributed by atoms with E-state index in [9.17, 15) is 0 Å². The van der Waals surface area contributed by atoms with E-state index in [4.69, 9.17) is 18.0 Å². The highest BCUT2D eigenvalue weighted by Gasteiger charge is 2.14. The average Bonchev–Trinajstić information content (AvgIpc) is 2.60. The Morgan fingerprint density at radius 3 is 2.35 bits per heavy atom. The second-order valence-corrected chi connectivity index (χ2v) is 5.59. The zero-order chi connectivity index (χ0) is 15.0. The third kappa shape index (κ3) is 2.54. The van der Waals surface area contributed by atoms with Crippen molar-refractivity contribution in [3.8, 4) is 11.3 Å². The Bertz CT molecular complexity index is 686. The quantitative estimate of drug-likeness (QED) is 0.834. The van der Waals surface area contributed by atoms with E-state index in [1.165, 1.54) is 16.8 Å². The molecule has 0 aliphatic heterocycles. The minimum atomic E-state index is 0.275. The van der Waals surface area contributed by atoms with Crippen LogP contribution >= 0.6 is 12.2 Å². The molecule has 0 fully saturated rings. The van der Waals surface area contributed by atoms with Gasteiger partial charge in [0.15, 0.2) is 5.11 Å². The summed E-state index contributed by atoms with van der Waals surface area (Å²) < 4.78 is 1.91. The van der Waals surface area contributed by atoms with E-state index < -0.39 is 0 Å². The predicted molar refractivity (Wildman–Crippen MR) is 88.0 cm³/mol. The topological polar surface area (TPSA) is 55.9 Å². The Kier molecular flexibility index (Phi) is 3.81. The molecule has 2 rings (SSSR count). The molecule has 20 heavy (non-hydrogen) atoms. The van der Waals surface area contributed by atoms with Crippen LogP contribution in [-0.2, 0) is 7.05 Å². The molecule has 0 unspecified atom stereocenters. The molecule has 0 saturated carbocycles. The van der Waals surface area contributed by atoms with Crippen LogP contribution in [0.4, 0.5) is 5.69 Å². The Hall–Kier alpha value is -1.88. The molecule has 0 atom stereocenters. The zero-order valence-corrected chi connectivity index (χ0v) is 13.4. The lowest BCUT2D eigenvalue weighted by molar-refractivity contribution is 0.741. The number of aromatic nitrogens is 2. The van der Waals surface area contributed by atoms with Gasteiger partial charge in [-0.1, -0.05) is 6.07 Å². The lowest BCUT2D eigenvalue weighted by atomic mass is 9.99. The first-order valence-electron chi connectivity index (χ1n) is 6.49. The first kappa shape index (κ1) is 14.5. The lowest BCUT2D eigenvalue weighted by Gasteiger charge is -2.12. The third-order valence-electron chi connectivity index (χ3n) is 3.72. The molecule has 0 radical (unpaired) electrons. The molecule has 2 aromatic rings. The zero-order valence-electron chi connectivity index (χ0n) is 12.5. The number of benzene rings is 1. The van der Waals surface area contributed by atoms with E-state index in [0.29, 0.717) is 0 Å². The van der Waals surface area contributed by atoms with Crippen LogP contribution in [0.3, 0.4) is 0 Å². The van der Waals surface area contributed by atoms with E-state index in [-0.39, 0.29) is 5.11 Å². The van der Waals surface area contributed by atoms with Crippen molar-refractivity contribution in [2.45, 2.75) is 27.7 Å². The van der Waals surface area contributed by atoms with Gasteiger partial charge in [-0.3, -0.25) is 4.68 Å². The Morgan fingerprint density at radius 2 is 1.85 bits per heavy atom. The standard InChI is InChI=1S/C15H20N4S/c1-8-6-9(2)13(17-15(16)20)7-12(8)14-10(3)11(4)19(5)18-14/h6-7H,1-5H3,(H3,16,17,20). The SMILES string of the molecule is Cc1cc(C)c(-c2nn(C)c(C)c2C)cc1NC(N)=S. The number of nitrogens with two attached hydrogens (primary N) is 1. The van der Waals surface area contributed by atoms with Crippen molar-refractivity contribution < 1.29 is 0 Å². The summed E-state index contributed by atoms with van der Waals surface area (Å²) in [5, 5.41) is 7.92. The lowest BCUT2D eigenvalue weighted by Crippen LogP contribution is -2.19. The smallest absolute Gasteiger partial charge is 0.168 e. The number of nitrogens with one attached hydrogen (secondary N) is 1. The molecule has 1 aromatic carbocycles. The molecular formula is C15H20N4S. The second-order valence-electron chi connectivity index (χ2n) is 5.15. The Labute approximate surface area is 125 Å². The molecular weight excluding hydrogens is 268 g/mol. The van der Waals surface area contributed by atoms with Crippen LogP contribution in [0.5, 0.6) is 0 Å². The monoisotopic (exact) mass is 288 g/mol. The Morgan fingerprint density at radius 1 is 1.20 bits per heavy atom. The maximum Gasteiger partial charge on any atom is 0.168 e. The summed E-state index contributed by atoms with van der Waals surface area (Å²) in [7, 11) is 1.96. The first-order valence-corrected chi connectivity index (χ1v) is 6.90. The van der Waals surface area contributed by atoms with Crippen LogP contribution in [0.2, 0.25) is 0 Å². The first-order chi connectivity index (χ1) is 9.31. The molecule has 106 valence electrons. The number of nitrogens with zero attached hydrogens (tertiary/aromatic N) is 2. The molecule has 5 heteroatoms. The fourth-order valence-corrected chi connectivity index (χ4v) is 2.45. The van der Waals surface area contributed by atoms with Crippen LogP contribution in [0, 0.1) is 27.7 Å². The van der Waals surface area contributed by atoms with Gasteiger partial charge in [-0.15, -0.1) is 0 Å². The van der Waals surface area contributed by atoms with Crippen LogP contribution in [0.25, 0.3) is 11.3 Å². The van der Waals surface area contributed by atoms with Crippen LogP contribution in [-0.4, -0.2) is 14.9 Å². The fourth-order valence-electron chi connectivity index (χ4n) is 2.34. The van der Waals surface area contributed by atoms with Crippen molar-refractivity contribution in [2.24, 2.45) is 12.8 Å². The van der Waals surface area contributed by atoms with E-state index in [0.717, 1.165) is 22.5 Å². The Balaban J connectivity index is 2.61. The molecule has 0 aliphatic rings. The van der Waals surface area contributed by atoms with Crippen LogP contribution in [0.1, 0.15) is 22.4 Å². The molecule has 1 heterocycles. The van der Waals surface area contributed by atoms with Gasteiger partial charge in [0.2, 0.25) is 0 Å². The van der Waals surface area contributed by atoms with Crippen molar-refractivity contribution in [2.75, 3.05) is 5.32 Å². The van der Waals surface area contributed by atoms with Crippen molar-refractivity contribution in [1.29, 1.82) is 0 Å². The minimum absolute atomic E-state index is 0.275. The van der Waals surface area contributed by atoms with E-state index >= 15 is 0 Å². The van der Waals surface area contributed by atoms with Crippen molar-refractivity contribution in [1.82, 2.24) is 9.78 Å². The molecule has 0 spiro atoms. The normalized spacial score (nSPS) is 10.7. The molecule has 1 aromatic heterocycles. The largest absolute Gasteiger partial charge is 0.376 e. The fraction of sp³-hybridized carbons (Fsp3) is 0.333. The highest BCUT2D eigenvalue weighted by molar-refractivity contribution is 7.80. The molecule has 0 bridgehead atoms. The van der Waals surface area contributed by atoms with Gasteiger partial charge in [-0.25, -0.2) is 0 Å². The van der Waals surface area contributed by atoms with Gasteiger partial charge in [0.25, 0.3) is 0 Å². The van der Waals surface area contributed by atoms with Crippen molar-refractivity contribution >= 4 is 23.0 Å². The van der Waals surface area contributed by atoms with Gasteiger partial charge in [0, 0.05) is 24.0 Å². The highest BCUT2D eigenvalue weighted by atomic mass is 32.1. The molecule has 4 nitrogen and oxygen atoms in total. The number of anilines is 1. The van der Waals surface area contributed by atoms with E-state index in [1.807, 2.05) is 18.7 Å². The summed E-state index contributed by atoms with van der Waals surface area (Å²) in [5.41, 5.74) is 13.3. The van der Waals surface area contributed by atoms with Crippen molar-refractivity contribution in [3.63, 3.8) is 0 Å². The van der Waals surface area contributed by atoms with Crippen molar-refractivity contribution in [3.05, 3.63) is 34.5 Å². The summed E-state index contributed by atoms with van der Waals surface area (Å²) in [5.74, 6) is 0. The van der Waals surface area contributed by atoms with Gasteiger partial charge in [0.1, 0.15) is 0 Å². The van der Waals surface area contributed by atoms with Gasteiger partial charge >= 0.3 is 0 Å². The summed E-state index contributed by atoms with van der Waals surface area (Å²) in [6, 6.07) is 4.19. The van der Waals surface area contributed by atoms with Gasteiger partial charge in [-0.05, 0) is 62.7 Å².